The van der Waals surface area contributed by atoms with Crippen LogP contribution in [0.3, 0.4) is 0 Å². The fourth-order valence-electron chi connectivity index (χ4n) is 2.82. The molecular weight excluding hydrogens is 414 g/mol. The first-order chi connectivity index (χ1) is 13.8. The van der Waals surface area contributed by atoms with Crippen LogP contribution in [0.25, 0.3) is 0 Å². The number of nitrogens with zero attached hydrogens (tertiary/aromatic N) is 1. The van der Waals surface area contributed by atoms with Crippen molar-refractivity contribution in [3.63, 3.8) is 0 Å². The van der Waals surface area contributed by atoms with Gasteiger partial charge in [-0.2, -0.15) is 0 Å². The maximum absolute atomic E-state index is 12.8. The second-order valence-electron chi connectivity index (χ2n) is 6.52. The number of ether oxygens (including phenoxy) is 1. The van der Waals surface area contributed by atoms with Gasteiger partial charge >= 0.3 is 5.69 Å². The van der Waals surface area contributed by atoms with E-state index >= 15 is 0 Å². The number of aryl methyl sites for hydroxylation is 1. The lowest BCUT2D eigenvalue weighted by Crippen LogP contribution is -2.09. The molecule has 150 valence electrons. The average molecular weight is 432 g/mol. The Kier molecular flexibility index (Phi) is 6.20. The number of benzene rings is 3. The van der Waals surface area contributed by atoms with E-state index in [2.05, 4.69) is 0 Å². The van der Waals surface area contributed by atoms with E-state index in [0.29, 0.717) is 0 Å². The fraction of sp³-hybridized carbons (Fsp3) is 0.143. The highest BCUT2D eigenvalue weighted by Crippen LogP contribution is 2.36. The van der Waals surface area contributed by atoms with Crippen LogP contribution in [0.4, 0.5) is 5.69 Å². The number of nitro groups is 1. The molecule has 0 spiro atoms. The summed E-state index contributed by atoms with van der Waals surface area (Å²) < 4.78 is 31.2. The molecule has 0 aromatic heterocycles. The fourth-order valence-corrected chi connectivity index (χ4v) is 4.40. The van der Waals surface area contributed by atoms with Gasteiger partial charge in [-0.3, -0.25) is 10.1 Å². The summed E-state index contributed by atoms with van der Waals surface area (Å²) in [6.45, 7) is 1.93. The van der Waals surface area contributed by atoms with Crippen LogP contribution in [0.15, 0.2) is 71.6 Å². The molecule has 0 aliphatic heterocycles. The molecule has 6 nitrogen and oxygen atoms in total. The van der Waals surface area contributed by atoms with E-state index in [1.54, 1.807) is 12.1 Å². The molecule has 3 aromatic carbocycles. The third-order valence-corrected chi connectivity index (χ3v) is 6.16. The Morgan fingerprint density at radius 1 is 1.03 bits per heavy atom. The molecule has 3 aromatic rings. The number of rotatable bonds is 7. The number of halogens is 1. The standard InChI is InChI=1S/C21H18ClNO5S/c1-15-7-9-19(10-8-15)29(26,27)14-17-11-18(22)12-20(21(17)23(24)25)28-13-16-5-3-2-4-6-16/h2-12H,13-14H2,1H3. The largest absolute Gasteiger partial charge is 0.482 e. The zero-order valence-electron chi connectivity index (χ0n) is 15.5. The van der Waals surface area contributed by atoms with Crippen LogP contribution in [0.1, 0.15) is 16.7 Å². The Labute approximate surface area is 173 Å². The molecule has 0 fully saturated rings. The Morgan fingerprint density at radius 2 is 1.69 bits per heavy atom. The third kappa shape index (κ3) is 5.13. The van der Waals surface area contributed by atoms with E-state index in [9.17, 15) is 18.5 Å². The van der Waals surface area contributed by atoms with Gasteiger partial charge in [0.2, 0.25) is 0 Å². The van der Waals surface area contributed by atoms with Crippen molar-refractivity contribution in [3.8, 4) is 5.75 Å². The highest BCUT2D eigenvalue weighted by Gasteiger charge is 2.27. The van der Waals surface area contributed by atoms with Crippen molar-refractivity contribution in [3.05, 3.63) is 98.6 Å². The highest BCUT2D eigenvalue weighted by atomic mass is 35.5. The second kappa shape index (κ2) is 8.63. The van der Waals surface area contributed by atoms with Crippen molar-refractivity contribution in [1.82, 2.24) is 0 Å². The van der Waals surface area contributed by atoms with Crippen LogP contribution in [-0.4, -0.2) is 13.3 Å². The quantitative estimate of drug-likeness (QED) is 0.383. The topological polar surface area (TPSA) is 86.5 Å². The van der Waals surface area contributed by atoms with Gasteiger partial charge in [-0.1, -0.05) is 59.6 Å². The summed E-state index contributed by atoms with van der Waals surface area (Å²) in [4.78, 5) is 11.2. The summed E-state index contributed by atoms with van der Waals surface area (Å²) in [6, 6.07) is 18.1. The van der Waals surface area contributed by atoms with E-state index < -0.39 is 26.2 Å². The van der Waals surface area contributed by atoms with Gasteiger partial charge in [0.25, 0.3) is 0 Å². The molecule has 29 heavy (non-hydrogen) atoms. The number of nitro benzene ring substituents is 1. The van der Waals surface area contributed by atoms with Gasteiger partial charge in [-0.05, 0) is 30.7 Å². The van der Waals surface area contributed by atoms with E-state index in [4.69, 9.17) is 16.3 Å². The molecule has 0 saturated carbocycles. The number of hydrogen-bond acceptors (Lipinski definition) is 5. The molecule has 0 aliphatic rings. The number of sulfone groups is 1. The normalized spacial score (nSPS) is 11.2. The lowest BCUT2D eigenvalue weighted by molar-refractivity contribution is -0.386. The molecule has 3 rings (SSSR count). The molecule has 0 amide bonds. The van der Waals surface area contributed by atoms with Gasteiger partial charge in [0.15, 0.2) is 15.6 Å². The molecule has 0 aliphatic carbocycles. The van der Waals surface area contributed by atoms with Crippen molar-refractivity contribution in [2.45, 2.75) is 24.2 Å². The first-order valence-electron chi connectivity index (χ1n) is 8.69. The second-order valence-corrected chi connectivity index (χ2v) is 8.94. The smallest absolute Gasteiger partial charge is 0.315 e. The SMILES string of the molecule is Cc1ccc(S(=O)(=O)Cc2cc(Cl)cc(OCc3ccccc3)c2[N+](=O)[O-])cc1. The number of hydrogen-bond donors (Lipinski definition) is 0. The minimum absolute atomic E-state index is 0.0221. The Balaban J connectivity index is 1.96. The molecule has 0 atom stereocenters. The van der Waals surface area contributed by atoms with Crippen LogP contribution in [0, 0.1) is 17.0 Å². The first kappa shape index (κ1) is 20.8. The van der Waals surface area contributed by atoms with Gasteiger partial charge in [0, 0.05) is 11.1 Å². The molecule has 0 radical (unpaired) electrons. The van der Waals surface area contributed by atoms with Crippen LogP contribution < -0.4 is 4.74 Å². The monoisotopic (exact) mass is 431 g/mol. The molecule has 0 bridgehead atoms. The zero-order chi connectivity index (χ0) is 21.0. The molecular formula is C21H18ClNO5S. The van der Waals surface area contributed by atoms with Gasteiger partial charge in [-0.25, -0.2) is 8.42 Å². The predicted octanol–water partition coefficient (Wildman–Crippen LogP) is 5.11. The lowest BCUT2D eigenvalue weighted by atomic mass is 10.2. The minimum atomic E-state index is -3.81. The molecule has 0 saturated heterocycles. The average Bonchev–Trinajstić information content (AvgIpc) is 2.66. The zero-order valence-corrected chi connectivity index (χ0v) is 17.1. The van der Waals surface area contributed by atoms with Crippen molar-refractivity contribution in [2.24, 2.45) is 0 Å². The summed E-state index contributed by atoms with van der Waals surface area (Å²) >= 11 is 6.11. The van der Waals surface area contributed by atoms with E-state index in [1.165, 1.54) is 24.3 Å². The molecule has 0 heterocycles. The van der Waals surface area contributed by atoms with Crippen molar-refractivity contribution in [1.29, 1.82) is 0 Å². The van der Waals surface area contributed by atoms with Crippen LogP contribution in [0.2, 0.25) is 5.02 Å². The Bertz CT molecular complexity index is 1130. The van der Waals surface area contributed by atoms with Crippen molar-refractivity contribution >= 4 is 27.1 Å². The summed E-state index contributed by atoms with van der Waals surface area (Å²) in [7, 11) is -3.81. The summed E-state index contributed by atoms with van der Waals surface area (Å²) in [6.07, 6.45) is 0. The molecule has 0 N–H and O–H groups in total. The summed E-state index contributed by atoms with van der Waals surface area (Å²) in [5.41, 5.74) is 1.30. The molecule has 8 heteroatoms. The van der Waals surface area contributed by atoms with Crippen molar-refractivity contribution in [2.75, 3.05) is 0 Å². The van der Waals surface area contributed by atoms with E-state index in [1.807, 2.05) is 37.3 Å². The maximum atomic E-state index is 12.8. The Hall–Kier alpha value is -2.90. The maximum Gasteiger partial charge on any atom is 0.315 e. The first-order valence-corrected chi connectivity index (χ1v) is 10.7. The highest BCUT2D eigenvalue weighted by molar-refractivity contribution is 7.90. The van der Waals surface area contributed by atoms with E-state index in [-0.39, 0.29) is 27.8 Å². The van der Waals surface area contributed by atoms with Crippen molar-refractivity contribution < 1.29 is 18.1 Å². The van der Waals surface area contributed by atoms with Crippen LogP contribution in [0.5, 0.6) is 5.75 Å². The Morgan fingerprint density at radius 3 is 2.31 bits per heavy atom. The third-order valence-electron chi connectivity index (χ3n) is 4.26. The lowest BCUT2D eigenvalue weighted by Gasteiger charge is -2.11. The van der Waals surface area contributed by atoms with Gasteiger partial charge in [0.1, 0.15) is 6.61 Å². The summed E-state index contributed by atoms with van der Waals surface area (Å²) in [5.74, 6) is -0.630. The van der Waals surface area contributed by atoms with Gasteiger partial charge in [0.05, 0.1) is 21.1 Å². The van der Waals surface area contributed by atoms with Crippen LogP contribution in [-0.2, 0) is 22.2 Å². The van der Waals surface area contributed by atoms with Gasteiger partial charge < -0.3 is 4.74 Å². The summed E-state index contributed by atoms with van der Waals surface area (Å²) in [5, 5.41) is 11.9. The molecule has 0 unspecified atom stereocenters. The minimum Gasteiger partial charge on any atom is -0.482 e. The van der Waals surface area contributed by atoms with Gasteiger partial charge in [-0.15, -0.1) is 0 Å². The van der Waals surface area contributed by atoms with Crippen LogP contribution >= 0.6 is 11.6 Å². The van der Waals surface area contributed by atoms with E-state index in [0.717, 1.165) is 11.1 Å². The predicted molar refractivity (Wildman–Crippen MR) is 111 cm³/mol.